The number of hydrogen-bond donors (Lipinski definition) is 2. The van der Waals surface area contributed by atoms with Crippen molar-refractivity contribution in [2.45, 2.75) is 32.7 Å². The number of nitrogens with one attached hydrogen (secondary N) is 2. The first-order chi connectivity index (χ1) is 9.57. The number of rotatable bonds is 9. The molecule has 21 heavy (non-hydrogen) atoms. The maximum Gasteiger partial charge on any atom is 0.243 e. The zero-order valence-corrected chi connectivity index (χ0v) is 14.0. The van der Waals surface area contributed by atoms with Crippen LogP contribution in [0.3, 0.4) is 0 Å². The molecule has 1 heterocycles. The molecule has 1 unspecified atom stereocenters. The van der Waals surface area contributed by atoms with E-state index in [0.29, 0.717) is 32.7 Å². The number of amides is 2. The molecule has 1 fully saturated rings. The third-order valence-electron chi connectivity index (χ3n) is 3.43. The summed E-state index contributed by atoms with van der Waals surface area (Å²) in [4.78, 5) is 25.8. The monoisotopic (exact) mass is 321 g/mol. The molecular weight excluding hydrogens is 294 g/mol. The van der Waals surface area contributed by atoms with Crippen molar-refractivity contribution >= 4 is 24.2 Å². The van der Waals surface area contributed by atoms with Crippen LogP contribution in [0.2, 0.25) is 0 Å². The molecule has 2 N–H and O–H groups in total. The van der Waals surface area contributed by atoms with Gasteiger partial charge in [0.1, 0.15) is 6.04 Å². The lowest BCUT2D eigenvalue weighted by Crippen LogP contribution is -2.51. The fourth-order valence-corrected chi connectivity index (χ4v) is 2.45. The van der Waals surface area contributed by atoms with Crippen LogP contribution >= 0.6 is 12.4 Å². The summed E-state index contributed by atoms with van der Waals surface area (Å²) in [5.41, 5.74) is 0. The van der Waals surface area contributed by atoms with Crippen LogP contribution in [-0.2, 0) is 14.3 Å². The van der Waals surface area contributed by atoms with Gasteiger partial charge >= 0.3 is 0 Å². The van der Waals surface area contributed by atoms with Gasteiger partial charge in [0.05, 0.1) is 6.61 Å². The van der Waals surface area contributed by atoms with Gasteiger partial charge in [-0.15, -0.1) is 12.4 Å². The average Bonchev–Trinajstić information content (AvgIpc) is 2.80. The van der Waals surface area contributed by atoms with E-state index in [1.807, 2.05) is 13.8 Å². The van der Waals surface area contributed by atoms with E-state index in [4.69, 9.17) is 4.74 Å². The van der Waals surface area contributed by atoms with Gasteiger partial charge in [-0.2, -0.15) is 0 Å². The van der Waals surface area contributed by atoms with E-state index in [0.717, 1.165) is 13.0 Å². The van der Waals surface area contributed by atoms with E-state index in [1.165, 1.54) is 0 Å². The van der Waals surface area contributed by atoms with Gasteiger partial charge in [0.25, 0.3) is 0 Å². The molecule has 0 spiro atoms. The van der Waals surface area contributed by atoms with Gasteiger partial charge in [-0.1, -0.05) is 13.8 Å². The third-order valence-corrected chi connectivity index (χ3v) is 3.43. The summed E-state index contributed by atoms with van der Waals surface area (Å²) in [6.07, 6.45) is 1.42. The molecule has 0 aromatic rings. The summed E-state index contributed by atoms with van der Waals surface area (Å²) < 4.78 is 4.92. The van der Waals surface area contributed by atoms with E-state index in [2.05, 4.69) is 10.6 Å². The summed E-state index contributed by atoms with van der Waals surface area (Å²) in [5, 5.41) is 6.07. The molecular formula is C14H28ClN3O3. The molecule has 2 amide bonds. The van der Waals surface area contributed by atoms with Crippen molar-refractivity contribution in [2.75, 3.05) is 39.9 Å². The van der Waals surface area contributed by atoms with Crippen molar-refractivity contribution in [1.82, 2.24) is 15.5 Å². The van der Waals surface area contributed by atoms with Crippen molar-refractivity contribution in [3.05, 3.63) is 0 Å². The maximum atomic E-state index is 12.2. The highest BCUT2D eigenvalue weighted by atomic mass is 35.5. The Morgan fingerprint density at radius 3 is 2.57 bits per heavy atom. The number of halogens is 1. The fourth-order valence-electron chi connectivity index (χ4n) is 2.45. The molecule has 1 atom stereocenters. The Hall–Kier alpha value is -0.850. The quantitative estimate of drug-likeness (QED) is 0.603. The first-order valence-corrected chi connectivity index (χ1v) is 7.34. The minimum Gasteiger partial charge on any atom is -0.383 e. The molecule has 7 heteroatoms. The Morgan fingerprint density at radius 1 is 1.33 bits per heavy atom. The predicted octanol–water partition coefficient (Wildman–Crippen LogP) is 0.407. The fraction of sp³-hybridized carbons (Fsp3) is 0.857. The number of hydrogen-bond acceptors (Lipinski definition) is 4. The molecule has 6 nitrogen and oxygen atoms in total. The number of likely N-dealkylation sites (tertiary alicyclic amines) is 1. The molecule has 0 aromatic carbocycles. The SMILES string of the molecule is COCCNCCNC(=O)C(C(C)C)N1CCCC1=O.Cl. The smallest absolute Gasteiger partial charge is 0.243 e. The van der Waals surface area contributed by atoms with Crippen molar-refractivity contribution < 1.29 is 14.3 Å². The summed E-state index contributed by atoms with van der Waals surface area (Å²) in [6, 6.07) is -0.344. The highest BCUT2D eigenvalue weighted by Crippen LogP contribution is 2.19. The minimum atomic E-state index is -0.344. The van der Waals surface area contributed by atoms with Gasteiger partial charge in [0.15, 0.2) is 0 Å². The van der Waals surface area contributed by atoms with Crippen molar-refractivity contribution in [1.29, 1.82) is 0 Å². The lowest BCUT2D eigenvalue weighted by Gasteiger charge is -2.29. The Bertz CT molecular complexity index is 327. The van der Waals surface area contributed by atoms with Crippen LogP contribution in [0.15, 0.2) is 0 Å². The van der Waals surface area contributed by atoms with Crippen LogP contribution < -0.4 is 10.6 Å². The van der Waals surface area contributed by atoms with Gasteiger partial charge in [-0.05, 0) is 12.3 Å². The van der Waals surface area contributed by atoms with Crippen LogP contribution in [0.25, 0.3) is 0 Å². The van der Waals surface area contributed by atoms with Crippen LogP contribution in [-0.4, -0.2) is 62.7 Å². The van der Waals surface area contributed by atoms with E-state index in [1.54, 1.807) is 12.0 Å². The Labute approximate surface area is 133 Å². The van der Waals surface area contributed by atoms with E-state index in [-0.39, 0.29) is 36.2 Å². The largest absolute Gasteiger partial charge is 0.383 e. The van der Waals surface area contributed by atoms with Crippen molar-refractivity contribution in [2.24, 2.45) is 5.92 Å². The molecule has 0 saturated carbocycles. The van der Waals surface area contributed by atoms with E-state index < -0.39 is 0 Å². The van der Waals surface area contributed by atoms with Gasteiger partial charge in [0, 0.05) is 39.7 Å². The zero-order valence-electron chi connectivity index (χ0n) is 13.2. The topological polar surface area (TPSA) is 70.7 Å². The third kappa shape index (κ3) is 6.63. The van der Waals surface area contributed by atoms with Crippen molar-refractivity contribution in [3.8, 4) is 0 Å². The standard InChI is InChI=1S/C14H27N3O3.ClH/c1-11(2)13(17-9-4-5-12(17)18)14(19)16-7-6-15-8-10-20-3;/h11,13,15H,4-10H2,1-3H3,(H,16,19);1H. The zero-order chi connectivity index (χ0) is 15.0. The second-order valence-electron chi connectivity index (χ2n) is 5.41. The van der Waals surface area contributed by atoms with Crippen LogP contribution in [0.5, 0.6) is 0 Å². The lowest BCUT2D eigenvalue weighted by atomic mass is 10.0. The van der Waals surface area contributed by atoms with Crippen LogP contribution in [0.1, 0.15) is 26.7 Å². The highest BCUT2D eigenvalue weighted by Gasteiger charge is 2.34. The highest BCUT2D eigenvalue weighted by molar-refractivity contribution is 5.88. The average molecular weight is 322 g/mol. The summed E-state index contributed by atoms with van der Waals surface area (Å²) in [7, 11) is 1.66. The first kappa shape index (κ1) is 20.1. The molecule has 1 rings (SSSR count). The number of methoxy groups -OCH3 is 1. The minimum absolute atomic E-state index is 0. The number of carbonyl (C=O) groups is 2. The molecule has 0 bridgehead atoms. The van der Waals surface area contributed by atoms with Crippen molar-refractivity contribution in [3.63, 3.8) is 0 Å². The molecule has 0 radical (unpaired) electrons. The number of nitrogens with zero attached hydrogens (tertiary/aromatic N) is 1. The molecule has 1 saturated heterocycles. The Kier molecular flexibility index (Phi) is 10.4. The first-order valence-electron chi connectivity index (χ1n) is 7.34. The summed E-state index contributed by atoms with van der Waals surface area (Å²) >= 11 is 0. The maximum absolute atomic E-state index is 12.2. The molecule has 1 aliphatic rings. The molecule has 0 aromatic heterocycles. The second-order valence-corrected chi connectivity index (χ2v) is 5.41. The molecule has 0 aliphatic carbocycles. The van der Waals surface area contributed by atoms with Gasteiger partial charge < -0.3 is 20.3 Å². The number of carbonyl (C=O) groups excluding carboxylic acids is 2. The summed E-state index contributed by atoms with van der Waals surface area (Å²) in [6.45, 7) is 7.34. The number of ether oxygens (including phenoxy) is 1. The van der Waals surface area contributed by atoms with Crippen LogP contribution in [0, 0.1) is 5.92 Å². The van der Waals surface area contributed by atoms with E-state index in [9.17, 15) is 9.59 Å². The Morgan fingerprint density at radius 2 is 2.05 bits per heavy atom. The predicted molar refractivity (Wildman–Crippen MR) is 84.6 cm³/mol. The van der Waals surface area contributed by atoms with E-state index >= 15 is 0 Å². The summed E-state index contributed by atoms with van der Waals surface area (Å²) in [5.74, 6) is 0.166. The molecule has 1 aliphatic heterocycles. The van der Waals surface area contributed by atoms with Crippen LogP contribution in [0.4, 0.5) is 0 Å². The van der Waals surface area contributed by atoms with Gasteiger partial charge in [-0.25, -0.2) is 0 Å². The Balaban J connectivity index is 0.00000400. The lowest BCUT2D eigenvalue weighted by molar-refractivity contribution is -0.139. The van der Waals surface area contributed by atoms with Gasteiger partial charge in [0.2, 0.25) is 11.8 Å². The second kappa shape index (κ2) is 10.8. The normalized spacial score (nSPS) is 16.0. The van der Waals surface area contributed by atoms with Gasteiger partial charge in [-0.3, -0.25) is 9.59 Å². The molecule has 124 valence electrons.